The van der Waals surface area contributed by atoms with Crippen LogP contribution < -0.4 is 10.1 Å². The van der Waals surface area contributed by atoms with Gasteiger partial charge >= 0.3 is 0 Å². The molecule has 1 fully saturated rings. The number of carbonyl (C=O) groups is 1. The molecule has 0 atom stereocenters. The maximum absolute atomic E-state index is 11.5. The number of nitriles is 1. The van der Waals surface area contributed by atoms with E-state index in [0.717, 1.165) is 11.1 Å². The zero-order valence-corrected chi connectivity index (χ0v) is 17.5. The minimum Gasteiger partial charge on any atom is -0.437 e. The molecule has 10 heteroatoms. The molecule has 4 aromatic rings. The number of anilines is 1. The van der Waals surface area contributed by atoms with Gasteiger partial charge in [-0.2, -0.15) is 10.4 Å². The second-order valence-electron chi connectivity index (χ2n) is 7.66. The predicted octanol–water partition coefficient (Wildman–Crippen LogP) is 3.38. The van der Waals surface area contributed by atoms with Gasteiger partial charge in [0, 0.05) is 35.3 Å². The average molecular weight is 441 g/mol. The Kier molecular flexibility index (Phi) is 5.08. The van der Waals surface area contributed by atoms with Gasteiger partial charge in [-0.1, -0.05) is 12.6 Å². The number of amides is 1. The van der Waals surface area contributed by atoms with E-state index in [1.54, 1.807) is 35.1 Å². The molecule has 0 aliphatic carbocycles. The molecule has 0 radical (unpaired) electrons. The van der Waals surface area contributed by atoms with Crippen LogP contribution in [-0.2, 0) is 15.1 Å². The van der Waals surface area contributed by atoms with Crippen molar-refractivity contribution >= 4 is 22.8 Å². The first-order valence-electron chi connectivity index (χ1n) is 10.2. The molecule has 1 amide bonds. The van der Waals surface area contributed by atoms with Crippen LogP contribution in [0.1, 0.15) is 6.42 Å². The molecule has 5 rings (SSSR count). The molecule has 10 nitrogen and oxygen atoms in total. The molecule has 164 valence electrons. The monoisotopic (exact) mass is 441 g/mol. The van der Waals surface area contributed by atoms with Gasteiger partial charge in [0.15, 0.2) is 5.65 Å². The highest BCUT2D eigenvalue weighted by molar-refractivity contribution is 5.99. The highest BCUT2D eigenvalue weighted by Crippen LogP contribution is 2.33. The van der Waals surface area contributed by atoms with Crippen LogP contribution in [0.4, 0.5) is 5.69 Å². The number of ether oxygens (including phenoxy) is 2. The van der Waals surface area contributed by atoms with E-state index in [4.69, 9.17) is 9.47 Å². The Morgan fingerprint density at radius 1 is 1.42 bits per heavy atom. The molecule has 1 aromatic carbocycles. The van der Waals surface area contributed by atoms with Gasteiger partial charge in [-0.3, -0.25) is 9.48 Å². The van der Waals surface area contributed by atoms with Crippen molar-refractivity contribution in [1.82, 2.24) is 24.7 Å². The fraction of sp³-hybridized carbons (Fsp3) is 0.174. The molecular formula is C23H19N7O3. The zero-order valence-electron chi connectivity index (χ0n) is 17.5. The van der Waals surface area contributed by atoms with Crippen molar-refractivity contribution in [3.05, 3.63) is 61.7 Å². The highest BCUT2D eigenvalue weighted by atomic mass is 16.5. The summed E-state index contributed by atoms with van der Waals surface area (Å²) in [5.41, 5.74) is 3.04. The summed E-state index contributed by atoms with van der Waals surface area (Å²) in [5, 5.41) is 16.3. The lowest BCUT2D eigenvalue weighted by Crippen LogP contribution is -2.51. The molecule has 0 spiro atoms. The normalized spacial score (nSPS) is 14.3. The third-order valence-corrected chi connectivity index (χ3v) is 5.40. The van der Waals surface area contributed by atoms with E-state index in [9.17, 15) is 10.1 Å². The molecule has 1 aliphatic heterocycles. The van der Waals surface area contributed by atoms with E-state index in [0.29, 0.717) is 48.1 Å². The number of nitrogens with one attached hydrogen (secondary N) is 2. The lowest BCUT2D eigenvalue weighted by atomic mass is 9.94. The number of rotatable bonds is 7. The lowest BCUT2D eigenvalue weighted by Gasteiger charge is -2.39. The van der Waals surface area contributed by atoms with Crippen LogP contribution >= 0.6 is 0 Å². The third-order valence-electron chi connectivity index (χ3n) is 5.40. The number of hydrogen-bond acceptors (Lipinski definition) is 7. The van der Waals surface area contributed by atoms with Crippen molar-refractivity contribution in [2.75, 3.05) is 18.5 Å². The van der Waals surface area contributed by atoms with Crippen LogP contribution in [0.15, 0.2) is 61.7 Å². The third kappa shape index (κ3) is 3.81. The fourth-order valence-corrected chi connectivity index (χ4v) is 3.62. The van der Waals surface area contributed by atoms with E-state index >= 15 is 0 Å². The molecule has 2 N–H and O–H groups in total. The van der Waals surface area contributed by atoms with Gasteiger partial charge in [0.25, 0.3) is 0 Å². The van der Waals surface area contributed by atoms with Crippen molar-refractivity contribution in [2.45, 2.75) is 12.0 Å². The number of carbonyl (C=O) groups excluding carboxylic acids is 1. The van der Waals surface area contributed by atoms with Crippen LogP contribution in [0.25, 0.3) is 22.3 Å². The summed E-state index contributed by atoms with van der Waals surface area (Å²) >= 11 is 0. The van der Waals surface area contributed by atoms with Gasteiger partial charge in [-0.25, -0.2) is 9.97 Å². The number of fused-ring (bicyclic) bond motifs is 1. The summed E-state index contributed by atoms with van der Waals surface area (Å²) in [7, 11) is 0. The predicted molar refractivity (Wildman–Crippen MR) is 119 cm³/mol. The molecule has 0 unspecified atom stereocenters. The van der Waals surface area contributed by atoms with Gasteiger partial charge in [-0.15, -0.1) is 0 Å². The number of aromatic amines is 1. The highest BCUT2D eigenvalue weighted by Gasteiger charge is 2.41. The maximum Gasteiger partial charge on any atom is 0.247 e. The van der Waals surface area contributed by atoms with Gasteiger partial charge < -0.3 is 19.8 Å². The number of H-pyrrole nitrogens is 1. The first-order chi connectivity index (χ1) is 16.1. The average Bonchev–Trinajstić information content (AvgIpc) is 3.43. The maximum atomic E-state index is 11.5. The first-order valence-corrected chi connectivity index (χ1v) is 10.2. The second-order valence-corrected chi connectivity index (χ2v) is 7.66. The Hall–Kier alpha value is -4.49. The minimum absolute atomic E-state index is 0.302. The molecular weight excluding hydrogens is 422 g/mol. The van der Waals surface area contributed by atoms with Crippen molar-refractivity contribution in [3.8, 4) is 28.8 Å². The van der Waals surface area contributed by atoms with Gasteiger partial charge in [0.2, 0.25) is 11.8 Å². The van der Waals surface area contributed by atoms with Crippen molar-refractivity contribution in [3.63, 3.8) is 0 Å². The Labute approximate surface area is 188 Å². The molecule has 1 aliphatic rings. The lowest BCUT2D eigenvalue weighted by molar-refractivity contribution is -0.111. The molecule has 33 heavy (non-hydrogen) atoms. The molecule has 4 heterocycles. The summed E-state index contributed by atoms with van der Waals surface area (Å²) in [6.07, 6.45) is 8.49. The summed E-state index contributed by atoms with van der Waals surface area (Å²) in [4.78, 5) is 23.7. The van der Waals surface area contributed by atoms with Gasteiger partial charge in [-0.05, 0) is 18.2 Å². The minimum atomic E-state index is -0.426. The number of hydrogen-bond donors (Lipinski definition) is 2. The van der Waals surface area contributed by atoms with Gasteiger partial charge in [0.1, 0.15) is 16.8 Å². The Bertz CT molecular complexity index is 1390. The summed E-state index contributed by atoms with van der Waals surface area (Å²) in [6, 6.07) is 9.17. The van der Waals surface area contributed by atoms with Crippen LogP contribution in [0.2, 0.25) is 0 Å². The van der Waals surface area contributed by atoms with Crippen LogP contribution in [-0.4, -0.2) is 43.9 Å². The van der Waals surface area contributed by atoms with Gasteiger partial charge in [0.05, 0.1) is 38.1 Å². The van der Waals surface area contributed by atoms with Crippen molar-refractivity contribution in [1.29, 1.82) is 5.26 Å². The Morgan fingerprint density at radius 2 is 2.30 bits per heavy atom. The van der Waals surface area contributed by atoms with E-state index in [2.05, 4.69) is 38.0 Å². The van der Waals surface area contributed by atoms with E-state index in [1.165, 1.54) is 12.3 Å². The van der Waals surface area contributed by atoms with Crippen LogP contribution in [0, 0.1) is 11.3 Å². The topological polar surface area (TPSA) is 131 Å². The zero-order chi connectivity index (χ0) is 22.8. The van der Waals surface area contributed by atoms with E-state index in [-0.39, 0.29) is 5.91 Å². The van der Waals surface area contributed by atoms with Crippen molar-refractivity contribution in [2.24, 2.45) is 0 Å². The van der Waals surface area contributed by atoms with E-state index < -0.39 is 5.54 Å². The van der Waals surface area contributed by atoms with Crippen LogP contribution in [0.5, 0.6) is 11.6 Å². The Morgan fingerprint density at radius 3 is 3.06 bits per heavy atom. The Balaban J connectivity index is 1.42. The largest absolute Gasteiger partial charge is 0.437 e. The number of benzene rings is 1. The fourth-order valence-electron chi connectivity index (χ4n) is 3.62. The number of aromatic nitrogens is 5. The molecule has 1 saturated heterocycles. The standard InChI is InChI=1S/C23H19N7O3/c1-2-19(31)28-16-4-3-5-17(8-16)33-20-11-26-22-21(29-20)18(10-25-22)15-9-27-30(12-15)23(6-7-24)13-32-14-23/h2-5,8-12H,1,6,13-14H2,(H,25,26)(H,28,31). The number of nitrogens with zero attached hydrogens (tertiary/aromatic N) is 5. The van der Waals surface area contributed by atoms with E-state index in [1.807, 2.05) is 12.4 Å². The molecule has 0 saturated carbocycles. The summed E-state index contributed by atoms with van der Waals surface area (Å²) in [5.74, 6) is 0.492. The SMILES string of the molecule is C=CC(=O)Nc1cccc(Oc2cnc3[nH]cc(-c4cnn(C5(CC#N)COC5)c4)c3n2)c1. The summed E-state index contributed by atoms with van der Waals surface area (Å²) < 4.78 is 13.0. The molecule has 0 bridgehead atoms. The summed E-state index contributed by atoms with van der Waals surface area (Å²) in [6.45, 7) is 4.36. The first kappa shape index (κ1) is 20.4. The quantitative estimate of drug-likeness (QED) is 0.420. The molecule has 3 aromatic heterocycles. The second kappa shape index (κ2) is 8.22. The van der Waals surface area contributed by atoms with Crippen molar-refractivity contribution < 1.29 is 14.3 Å². The smallest absolute Gasteiger partial charge is 0.247 e. The van der Waals surface area contributed by atoms with Crippen LogP contribution in [0.3, 0.4) is 0 Å².